The van der Waals surface area contributed by atoms with Crippen LogP contribution in [0.15, 0.2) is 48.7 Å². The van der Waals surface area contributed by atoms with Gasteiger partial charge in [-0.25, -0.2) is 4.79 Å². The Morgan fingerprint density at radius 2 is 1.79 bits per heavy atom. The fourth-order valence-corrected chi connectivity index (χ4v) is 4.57. The van der Waals surface area contributed by atoms with Crippen molar-refractivity contribution in [2.75, 3.05) is 19.6 Å². The molecule has 2 amide bonds. The number of rotatable bonds is 6. The molecule has 33 heavy (non-hydrogen) atoms. The number of carbonyl (C=O) groups is 2. The second-order valence-electron chi connectivity index (χ2n) is 10.5. The number of nitrogens with zero attached hydrogens (tertiary/aromatic N) is 2. The summed E-state index contributed by atoms with van der Waals surface area (Å²) in [5, 5.41) is 3.17. The average molecular weight is 450 g/mol. The van der Waals surface area contributed by atoms with Crippen molar-refractivity contribution in [2.24, 2.45) is 5.92 Å². The first kappa shape index (κ1) is 23.3. The summed E-state index contributed by atoms with van der Waals surface area (Å²) < 4.78 is 5.50. The van der Waals surface area contributed by atoms with Crippen LogP contribution in [0, 0.1) is 5.92 Å². The second-order valence-corrected chi connectivity index (χ2v) is 10.5. The van der Waals surface area contributed by atoms with Crippen LogP contribution in [0.2, 0.25) is 0 Å². The first-order chi connectivity index (χ1) is 15.8. The van der Waals surface area contributed by atoms with E-state index in [-0.39, 0.29) is 17.4 Å². The fourth-order valence-electron chi connectivity index (χ4n) is 4.57. The predicted molar refractivity (Wildman–Crippen MR) is 128 cm³/mol. The SMILES string of the molecule is CC(C)(C)OC(=O)N1CCC(Cc2ccccc2C(=O)NCC2(c3ccccn3)CC2)CC1. The summed E-state index contributed by atoms with van der Waals surface area (Å²) in [5.41, 5.74) is 2.41. The van der Waals surface area contributed by atoms with E-state index >= 15 is 0 Å². The standard InChI is InChI=1S/C27H35N3O3/c1-26(2,3)33-25(32)30-16-11-20(12-17-30)18-21-8-4-5-9-22(21)24(31)29-19-27(13-14-27)23-10-6-7-15-28-23/h4-10,15,20H,11-14,16-19H2,1-3H3,(H,29,31). The molecule has 1 saturated carbocycles. The molecule has 1 N–H and O–H groups in total. The molecule has 4 rings (SSSR count). The molecule has 0 bridgehead atoms. The minimum absolute atomic E-state index is 0.0135. The third-order valence-corrected chi connectivity index (χ3v) is 6.69. The van der Waals surface area contributed by atoms with Gasteiger partial charge in [0, 0.05) is 42.5 Å². The topological polar surface area (TPSA) is 71.5 Å². The van der Waals surface area contributed by atoms with Crippen LogP contribution in [0.3, 0.4) is 0 Å². The third-order valence-electron chi connectivity index (χ3n) is 6.69. The van der Waals surface area contributed by atoms with Crippen molar-refractivity contribution in [1.29, 1.82) is 0 Å². The molecule has 1 aromatic carbocycles. The monoisotopic (exact) mass is 449 g/mol. The van der Waals surface area contributed by atoms with Crippen LogP contribution >= 0.6 is 0 Å². The number of benzene rings is 1. The Labute approximate surface area is 196 Å². The van der Waals surface area contributed by atoms with Crippen LogP contribution in [0.25, 0.3) is 0 Å². The summed E-state index contributed by atoms with van der Waals surface area (Å²) in [4.78, 5) is 31.7. The number of amides is 2. The largest absolute Gasteiger partial charge is 0.444 e. The van der Waals surface area contributed by atoms with Crippen molar-refractivity contribution in [3.05, 3.63) is 65.5 Å². The maximum absolute atomic E-state index is 13.1. The number of ether oxygens (including phenoxy) is 1. The number of piperidine rings is 1. The van der Waals surface area contributed by atoms with E-state index < -0.39 is 5.60 Å². The van der Waals surface area contributed by atoms with Gasteiger partial charge in [-0.05, 0) is 82.6 Å². The summed E-state index contributed by atoms with van der Waals surface area (Å²) in [6.45, 7) is 7.68. The van der Waals surface area contributed by atoms with Crippen molar-refractivity contribution in [3.8, 4) is 0 Å². The average Bonchev–Trinajstić information content (AvgIpc) is 3.59. The fraction of sp³-hybridized carbons (Fsp3) is 0.519. The molecule has 2 aliphatic rings. The lowest BCUT2D eigenvalue weighted by atomic mass is 9.88. The number of carbonyl (C=O) groups excluding carboxylic acids is 2. The number of nitrogens with one attached hydrogen (secondary N) is 1. The van der Waals surface area contributed by atoms with Gasteiger partial charge in [0.15, 0.2) is 0 Å². The molecule has 6 nitrogen and oxygen atoms in total. The highest BCUT2D eigenvalue weighted by molar-refractivity contribution is 5.95. The number of pyridine rings is 1. The lowest BCUT2D eigenvalue weighted by Crippen LogP contribution is -2.42. The molecule has 6 heteroatoms. The van der Waals surface area contributed by atoms with Gasteiger partial charge in [0.1, 0.15) is 5.60 Å². The Morgan fingerprint density at radius 3 is 2.42 bits per heavy atom. The van der Waals surface area contributed by atoms with E-state index in [9.17, 15) is 9.59 Å². The molecule has 1 saturated heterocycles. The molecule has 1 aliphatic heterocycles. The van der Waals surface area contributed by atoms with Crippen LogP contribution in [-0.2, 0) is 16.6 Å². The number of hydrogen-bond donors (Lipinski definition) is 1. The van der Waals surface area contributed by atoms with Crippen LogP contribution < -0.4 is 5.32 Å². The minimum atomic E-state index is -0.476. The van der Waals surface area contributed by atoms with Gasteiger partial charge in [0.05, 0.1) is 0 Å². The van der Waals surface area contributed by atoms with Crippen LogP contribution in [0.5, 0.6) is 0 Å². The van der Waals surface area contributed by atoms with Gasteiger partial charge in [0.2, 0.25) is 0 Å². The number of aromatic nitrogens is 1. The molecule has 2 fully saturated rings. The smallest absolute Gasteiger partial charge is 0.410 e. The first-order valence-electron chi connectivity index (χ1n) is 12.0. The Bertz CT molecular complexity index is 972. The molecule has 2 aromatic rings. The van der Waals surface area contributed by atoms with Gasteiger partial charge in [-0.2, -0.15) is 0 Å². The Morgan fingerprint density at radius 1 is 1.09 bits per heavy atom. The quantitative estimate of drug-likeness (QED) is 0.692. The maximum Gasteiger partial charge on any atom is 0.410 e. The number of hydrogen-bond acceptors (Lipinski definition) is 4. The van der Waals surface area contributed by atoms with Gasteiger partial charge in [-0.1, -0.05) is 24.3 Å². The summed E-state index contributed by atoms with van der Waals surface area (Å²) in [6.07, 6.45) is 6.38. The lowest BCUT2D eigenvalue weighted by Gasteiger charge is -2.33. The van der Waals surface area contributed by atoms with E-state index in [2.05, 4.69) is 22.4 Å². The molecule has 2 heterocycles. The molecular weight excluding hydrogens is 414 g/mol. The van der Waals surface area contributed by atoms with E-state index in [0.717, 1.165) is 48.9 Å². The zero-order valence-electron chi connectivity index (χ0n) is 20.0. The minimum Gasteiger partial charge on any atom is -0.444 e. The Hall–Kier alpha value is -2.89. The van der Waals surface area contributed by atoms with Gasteiger partial charge < -0.3 is 15.0 Å². The van der Waals surface area contributed by atoms with Crippen molar-refractivity contribution < 1.29 is 14.3 Å². The van der Waals surface area contributed by atoms with E-state index in [1.54, 1.807) is 4.90 Å². The molecule has 0 atom stereocenters. The van der Waals surface area contributed by atoms with Crippen molar-refractivity contribution >= 4 is 12.0 Å². The lowest BCUT2D eigenvalue weighted by molar-refractivity contribution is 0.0184. The maximum atomic E-state index is 13.1. The highest BCUT2D eigenvalue weighted by Crippen LogP contribution is 2.46. The third kappa shape index (κ3) is 5.92. The molecule has 176 valence electrons. The predicted octanol–water partition coefficient (Wildman–Crippen LogP) is 4.73. The molecule has 0 spiro atoms. The van der Waals surface area contributed by atoms with Crippen molar-refractivity contribution in [2.45, 2.75) is 63.9 Å². The van der Waals surface area contributed by atoms with E-state index in [4.69, 9.17) is 4.74 Å². The van der Waals surface area contributed by atoms with Gasteiger partial charge in [0.25, 0.3) is 5.91 Å². The Kier molecular flexibility index (Phi) is 6.73. The first-order valence-corrected chi connectivity index (χ1v) is 12.0. The summed E-state index contributed by atoms with van der Waals surface area (Å²) in [6, 6.07) is 13.9. The highest BCUT2D eigenvalue weighted by Gasteiger charge is 2.45. The molecule has 1 aliphatic carbocycles. The molecular formula is C27H35N3O3. The summed E-state index contributed by atoms with van der Waals surface area (Å²) in [5.74, 6) is 0.430. The van der Waals surface area contributed by atoms with Crippen molar-refractivity contribution in [1.82, 2.24) is 15.2 Å². The second kappa shape index (κ2) is 9.54. The summed E-state index contributed by atoms with van der Waals surface area (Å²) >= 11 is 0. The van der Waals surface area contributed by atoms with Crippen LogP contribution in [0.4, 0.5) is 4.79 Å². The zero-order valence-corrected chi connectivity index (χ0v) is 20.0. The highest BCUT2D eigenvalue weighted by atomic mass is 16.6. The molecule has 1 aromatic heterocycles. The van der Waals surface area contributed by atoms with Gasteiger partial charge in [-0.3, -0.25) is 9.78 Å². The van der Waals surface area contributed by atoms with E-state index in [1.807, 2.05) is 57.3 Å². The summed E-state index contributed by atoms with van der Waals surface area (Å²) in [7, 11) is 0. The van der Waals surface area contributed by atoms with Gasteiger partial charge in [-0.15, -0.1) is 0 Å². The Balaban J connectivity index is 1.33. The van der Waals surface area contributed by atoms with Crippen LogP contribution in [-0.4, -0.2) is 47.1 Å². The van der Waals surface area contributed by atoms with Gasteiger partial charge >= 0.3 is 6.09 Å². The van der Waals surface area contributed by atoms with Crippen molar-refractivity contribution in [3.63, 3.8) is 0 Å². The number of likely N-dealkylation sites (tertiary alicyclic amines) is 1. The molecule has 0 radical (unpaired) electrons. The zero-order chi connectivity index (χ0) is 23.5. The normalized spacial score (nSPS) is 18.0. The molecule has 0 unspecified atom stereocenters. The van der Waals surface area contributed by atoms with E-state index in [0.29, 0.717) is 25.6 Å². The van der Waals surface area contributed by atoms with Crippen LogP contribution in [0.1, 0.15) is 68.1 Å². The van der Waals surface area contributed by atoms with E-state index in [1.165, 1.54) is 0 Å².